The third kappa shape index (κ3) is 4.47. The summed E-state index contributed by atoms with van der Waals surface area (Å²) in [6, 6.07) is -0.0843. The Morgan fingerprint density at radius 3 is 2.23 bits per heavy atom. The van der Waals surface area contributed by atoms with E-state index < -0.39 is 18.3 Å². The van der Waals surface area contributed by atoms with Gasteiger partial charge in [0.2, 0.25) is 5.91 Å². The fourth-order valence-electron chi connectivity index (χ4n) is 1.01. The molecule has 0 saturated carbocycles. The SMILES string of the molecule is CC(C)N(CCO)C(=O)CC(=O)O. The van der Waals surface area contributed by atoms with Crippen LogP contribution in [0.1, 0.15) is 20.3 Å². The number of nitrogens with zero attached hydrogens (tertiary/aromatic N) is 1. The summed E-state index contributed by atoms with van der Waals surface area (Å²) in [5.41, 5.74) is 0. The van der Waals surface area contributed by atoms with Gasteiger partial charge in [-0.15, -0.1) is 0 Å². The van der Waals surface area contributed by atoms with E-state index in [1.54, 1.807) is 13.8 Å². The minimum absolute atomic E-state index is 0.0843. The lowest BCUT2D eigenvalue weighted by atomic mass is 10.2. The number of hydrogen-bond donors (Lipinski definition) is 2. The first-order valence-electron chi connectivity index (χ1n) is 4.11. The van der Waals surface area contributed by atoms with Gasteiger partial charge in [0.05, 0.1) is 6.61 Å². The Morgan fingerprint density at radius 1 is 1.38 bits per heavy atom. The molecule has 0 radical (unpaired) electrons. The van der Waals surface area contributed by atoms with Gasteiger partial charge in [-0.05, 0) is 13.8 Å². The molecule has 1 amide bonds. The summed E-state index contributed by atoms with van der Waals surface area (Å²) in [5.74, 6) is -1.61. The maximum Gasteiger partial charge on any atom is 0.312 e. The Balaban J connectivity index is 4.19. The number of aliphatic hydroxyl groups is 1. The van der Waals surface area contributed by atoms with E-state index >= 15 is 0 Å². The van der Waals surface area contributed by atoms with Crippen LogP contribution >= 0.6 is 0 Å². The van der Waals surface area contributed by atoms with E-state index in [1.807, 2.05) is 0 Å². The fraction of sp³-hybridized carbons (Fsp3) is 0.750. The summed E-state index contributed by atoms with van der Waals surface area (Å²) in [7, 11) is 0. The van der Waals surface area contributed by atoms with Crippen LogP contribution in [0.2, 0.25) is 0 Å². The standard InChI is InChI=1S/C8H15NO4/c1-6(2)9(3-4-10)7(11)5-8(12)13/h6,10H,3-5H2,1-2H3,(H,12,13). The van der Waals surface area contributed by atoms with E-state index in [1.165, 1.54) is 4.90 Å². The first-order chi connectivity index (χ1) is 5.99. The third-order valence-electron chi connectivity index (χ3n) is 1.59. The van der Waals surface area contributed by atoms with Crippen LogP contribution in [0.4, 0.5) is 0 Å². The monoisotopic (exact) mass is 189 g/mol. The van der Waals surface area contributed by atoms with E-state index in [4.69, 9.17) is 10.2 Å². The number of carboxylic acid groups (broad SMARTS) is 1. The van der Waals surface area contributed by atoms with Gasteiger partial charge in [0.1, 0.15) is 6.42 Å². The molecular formula is C8H15NO4. The second-order valence-corrected chi connectivity index (χ2v) is 2.98. The smallest absolute Gasteiger partial charge is 0.312 e. The molecule has 0 aliphatic heterocycles. The minimum atomic E-state index is -1.14. The lowest BCUT2D eigenvalue weighted by Gasteiger charge is -2.25. The van der Waals surface area contributed by atoms with E-state index in [0.29, 0.717) is 0 Å². The van der Waals surface area contributed by atoms with Crippen molar-refractivity contribution in [2.45, 2.75) is 26.3 Å². The van der Waals surface area contributed by atoms with Gasteiger partial charge >= 0.3 is 5.97 Å². The highest BCUT2D eigenvalue weighted by atomic mass is 16.4. The van der Waals surface area contributed by atoms with Crippen molar-refractivity contribution in [1.29, 1.82) is 0 Å². The average molecular weight is 189 g/mol. The van der Waals surface area contributed by atoms with Crippen LogP contribution < -0.4 is 0 Å². The van der Waals surface area contributed by atoms with Crippen molar-refractivity contribution >= 4 is 11.9 Å². The van der Waals surface area contributed by atoms with Gasteiger partial charge in [0, 0.05) is 12.6 Å². The van der Waals surface area contributed by atoms with Gasteiger partial charge in [-0.3, -0.25) is 9.59 Å². The number of aliphatic carboxylic acids is 1. The average Bonchev–Trinajstić information content (AvgIpc) is 1.97. The van der Waals surface area contributed by atoms with Crippen molar-refractivity contribution in [3.8, 4) is 0 Å². The highest BCUT2D eigenvalue weighted by Gasteiger charge is 2.18. The van der Waals surface area contributed by atoms with Crippen molar-refractivity contribution in [3.05, 3.63) is 0 Å². The maximum atomic E-state index is 11.2. The molecule has 0 aliphatic rings. The molecule has 13 heavy (non-hydrogen) atoms. The van der Waals surface area contributed by atoms with Crippen LogP contribution in [0, 0.1) is 0 Å². The zero-order valence-electron chi connectivity index (χ0n) is 7.86. The molecule has 0 unspecified atom stereocenters. The number of carbonyl (C=O) groups is 2. The molecule has 0 saturated heterocycles. The van der Waals surface area contributed by atoms with Crippen molar-refractivity contribution in [2.75, 3.05) is 13.2 Å². The summed E-state index contributed by atoms with van der Waals surface area (Å²) < 4.78 is 0. The third-order valence-corrected chi connectivity index (χ3v) is 1.59. The molecule has 0 rings (SSSR count). The lowest BCUT2D eigenvalue weighted by molar-refractivity contribution is -0.145. The Kier molecular flexibility index (Phi) is 5.06. The number of carboxylic acids is 1. The zero-order valence-corrected chi connectivity index (χ0v) is 7.86. The number of carbonyl (C=O) groups excluding carboxylic acids is 1. The predicted molar refractivity (Wildman–Crippen MR) is 46.2 cm³/mol. The fourth-order valence-corrected chi connectivity index (χ4v) is 1.01. The number of amides is 1. The van der Waals surface area contributed by atoms with Gasteiger partial charge < -0.3 is 15.1 Å². The normalized spacial score (nSPS) is 10.2. The first kappa shape index (κ1) is 11.9. The van der Waals surface area contributed by atoms with E-state index in [0.717, 1.165) is 0 Å². The molecule has 0 fully saturated rings. The van der Waals surface area contributed by atoms with E-state index in [9.17, 15) is 9.59 Å². The number of rotatable bonds is 5. The Morgan fingerprint density at radius 2 is 1.92 bits per heavy atom. The van der Waals surface area contributed by atoms with Crippen LogP contribution in [0.5, 0.6) is 0 Å². The molecule has 0 atom stereocenters. The van der Waals surface area contributed by atoms with Gasteiger partial charge in [0.15, 0.2) is 0 Å². The van der Waals surface area contributed by atoms with Crippen LogP contribution in [-0.2, 0) is 9.59 Å². The van der Waals surface area contributed by atoms with Crippen molar-refractivity contribution in [3.63, 3.8) is 0 Å². The molecule has 0 aromatic heterocycles. The van der Waals surface area contributed by atoms with Crippen LogP contribution in [0.15, 0.2) is 0 Å². The van der Waals surface area contributed by atoms with Gasteiger partial charge in [-0.1, -0.05) is 0 Å². The molecule has 0 spiro atoms. The summed E-state index contributed by atoms with van der Waals surface area (Å²) in [5, 5.41) is 17.0. The highest BCUT2D eigenvalue weighted by Crippen LogP contribution is 2.00. The molecule has 0 aromatic carbocycles. The summed E-state index contributed by atoms with van der Waals surface area (Å²) >= 11 is 0. The lowest BCUT2D eigenvalue weighted by Crippen LogP contribution is -2.39. The van der Waals surface area contributed by atoms with Crippen LogP contribution in [-0.4, -0.2) is 46.2 Å². The first-order valence-corrected chi connectivity index (χ1v) is 4.11. The quantitative estimate of drug-likeness (QED) is 0.581. The van der Waals surface area contributed by atoms with Crippen LogP contribution in [0.3, 0.4) is 0 Å². The van der Waals surface area contributed by atoms with Crippen molar-refractivity contribution in [2.24, 2.45) is 0 Å². The Hall–Kier alpha value is -1.10. The molecule has 5 heteroatoms. The Labute approximate surface area is 77.0 Å². The summed E-state index contributed by atoms with van der Waals surface area (Å²) in [4.78, 5) is 22.8. The summed E-state index contributed by atoms with van der Waals surface area (Å²) in [6.45, 7) is 3.58. The molecular weight excluding hydrogens is 174 g/mol. The number of hydrogen-bond acceptors (Lipinski definition) is 3. The van der Waals surface area contributed by atoms with Crippen LogP contribution in [0.25, 0.3) is 0 Å². The zero-order chi connectivity index (χ0) is 10.4. The minimum Gasteiger partial charge on any atom is -0.481 e. The summed E-state index contributed by atoms with van der Waals surface area (Å²) in [6.07, 6.45) is -0.516. The predicted octanol–water partition coefficient (Wildman–Crippen LogP) is -0.310. The molecule has 2 N–H and O–H groups in total. The van der Waals surface area contributed by atoms with Crippen molar-refractivity contribution in [1.82, 2.24) is 4.90 Å². The molecule has 5 nitrogen and oxygen atoms in total. The topological polar surface area (TPSA) is 77.8 Å². The second-order valence-electron chi connectivity index (χ2n) is 2.98. The molecule has 0 heterocycles. The van der Waals surface area contributed by atoms with Gasteiger partial charge in [-0.25, -0.2) is 0 Å². The molecule has 76 valence electrons. The highest BCUT2D eigenvalue weighted by molar-refractivity contribution is 5.93. The maximum absolute atomic E-state index is 11.2. The van der Waals surface area contributed by atoms with Gasteiger partial charge in [0.25, 0.3) is 0 Å². The van der Waals surface area contributed by atoms with E-state index in [-0.39, 0.29) is 19.2 Å². The van der Waals surface area contributed by atoms with E-state index in [2.05, 4.69) is 0 Å². The van der Waals surface area contributed by atoms with Gasteiger partial charge in [-0.2, -0.15) is 0 Å². The largest absolute Gasteiger partial charge is 0.481 e. The number of aliphatic hydroxyl groups excluding tert-OH is 1. The molecule has 0 aliphatic carbocycles. The Bertz CT molecular complexity index is 191. The molecule has 0 aromatic rings. The molecule has 0 bridgehead atoms. The second kappa shape index (κ2) is 5.53. The van der Waals surface area contributed by atoms with Crippen molar-refractivity contribution < 1.29 is 19.8 Å².